The molecule has 3 nitrogen and oxygen atoms in total. The lowest BCUT2D eigenvalue weighted by atomic mass is 10.2. The Labute approximate surface area is 99.2 Å². The average Bonchev–Trinajstić information content (AvgIpc) is 2.74. The first-order valence-corrected chi connectivity index (χ1v) is 5.95. The third-order valence-corrected chi connectivity index (χ3v) is 1.88. The molecule has 1 aromatic rings. The number of rotatable bonds is 2. The maximum absolute atomic E-state index is 11.0. The van der Waals surface area contributed by atoms with Crippen molar-refractivity contribution >= 4 is 5.97 Å². The van der Waals surface area contributed by atoms with Gasteiger partial charge in [0.1, 0.15) is 5.69 Å². The lowest BCUT2D eigenvalue weighted by Crippen LogP contribution is -2.01. The minimum Gasteiger partial charge on any atom is -0.464 e. The van der Waals surface area contributed by atoms with Gasteiger partial charge in [-0.3, -0.25) is 0 Å². The zero-order valence-electron chi connectivity index (χ0n) is 11.6. The highest BCUT2D eigenvalue weighted by Crippen LogP contribution is 2.10. The van der Waals surface area contributed by atoms with Crippen molar-refractivity contribution in [3.63, 3.8) is 0 Å². The van der Waals surface area contributed by atoms with Gasteiger partial charge < -0.3 is 9.72 Å². The number of aromatic amines is 1. The Kier molecular flexibility index (Phi) is 11.0. The molecular formula is C13H25NO2. The van der Waals surface area contributed by atoms with Gasteiger partial charge >= 0.3 is 5.97 Å². The van der Waals surface area contributed by atoms with E-state index in [1.54, 1.807) is 0 Å². The highest BCUT2D eigenvalue weighted by molar-refractivity contribution is 5.87. The van der Waals surface area contributed by atoms with Crippen LogP contribution in [0.3, 0.4) is 0 Å². The zero-order chi connectivity index (χ0) is 13.1. The van der Waals surface area contributed by atoms with Gasteiger partial charge in [0.15, 0.2) is 0 Å². The quantitative estimate of drug-likeness (QED) is 0.782. The van der Waals surface area contributed by atoms with E-state index in [1.165, 1.54) is 7.11 Å². The number of hydrogen-bond acceptors (Lipinski definition) is 2. The molecule has 0 radical (unpaired) electrons. The summed E-state index contributed by atoms with van der Waals surface area (Å²) in [7, 11) is 1.38. The van der Waals surface area contributed by atoms with Crippen molar-refractivity contribution in [1.29, 1.82) is 0 Å². The SMILES string of the molecule is CC.CC.CCc1[nH]c(C(=O)OC)cc1C. The molecule has 0 saturated carbocycles. The Morgan fingerprint density at radius 1 is 1.31 bits per heavy atom. The van der Waals surface area contributed by atoms with Gasteiger partial charge in [-0.15, -0.1) is 0 Å². The molecule has 0 fully saturated rings. The van der Waals surface area contributed by atoms with Crippen molar-refractivity contribution in [2.24, 2.45) is 0 Å². The largest absolute Gasteiger partial charge is 0.464 e. The van der Waals surface area contributed by atoms with Crippen LogP contribution in [0.15, 0.2) is 6.07 Å². The molecule has 0 atom stereocenters. The van der Waals surface area contributed by atoms with Gasteiger partial charge in [0.05, 0.1) is 7.11 Å². The second-order valence-corrected chi connectivity index (χ2v) is 2.69. The number of ether oxygens (including phenoxy) is 1. The minimum absolute atomic E-state index is 0.308. The van der Waals surface area contributed by atoms with Crippen molar-refractivity contribution < 1.29 is 9.53 Å². The van der Waals surface area contributed by atoms with Crippen LogP contribution >= 0.6 is 0 Å². The molecule has 3 heteroatoms. The number of nitrogens with one attached hydrogen (secondary N) is 1. The maximum Gasteiger partial charge on any atom is 0.354 e. The van der Waals surface area contributed by atoms with Crippen molar-refractivity contribution in [2.75, 3.05) is 7.11 Å². The first kappa shape index (κ1) is 17.2. The summed E-state index contributed by atoms with van der Waals surface area (Å²) >= 11 is 0. The van der Waals surface area contributed by atoms with Crippen LogP contribution in [-0.4, -0.2) is 18.1 Å². The molecule has 0 aromatic carbocycles. The number of esters is 1. The van der Waals surface area contributed by atoms with Crippen LogP contribution in [0.4, 0.5) is 0 Å². The predicted octanol–water partition coefficient (Wildman–Crippen LogP) is 3.72. The number of carbonyl (C=O) groups excluding carboxylic acids is 1. The molecule has 0 bridgehead atoms. The molecule has 0 aliphatic rings. The van der Waals surface area contributed by atoms with Gasteiger partial charge in [0, 0.05) is 5.69 Å². The van der Waals surface area contributed by atoms with Crippen LogP contribution in [0.5, 0.6) is 0 Å². The summed E-state index contributed by atoms with van der Waals surface area (Å²) in [5, 5.41) is 0. The topological polar surface area (TPSA) is 42.1 Å². The van der Waals surface area contributed by atoms with E-state index in [0.29, 0.717) is 5.69 Å². The van der Waals surface area contributed by atoms with Gasteiger partial charge in [0.25, 0.3) is 0 Å². The molecule has 16 heavy (non-hydrogen) atoms. The smallest absolute Gasteiger partial charge is 0.354 e. The molecule has 1 rings (SSSR count). The van der Waals surface area contributed by atoms with Crippen molar-refractivity contribution in [2.45, 2.75) is 48.0 Å². The molecule has 0 amide bonds. The number of carbonyl (C=O) groups is 1. The van der Waals surface area contributed by atoms with Crippen LogP contribution in [0.2, 0.25) is 0 Å². The summed E-state index contributed by atoms with van der Waals surface area (Å²) in [6, 6.07) is 1.81. The fourth-order valence-corrected chi connectivity index (χ4v) is 1.19. The van der Waals surface area contributed by atoms with E-state index in [9.17, 15) is 4.79 Å². The fourth-order valence-electron chi connectivity index (χ4n) is 1.19. The summed E-state index contributed by atoms with van der Waals surface area (Å²) in [6.45, 7) is 12.0. The Balaban J connectivity index is 0. The molecule has 1 N–H and O–H groups in total. The summed E-state index contributed by atoms with van der Waals surface area (Å²) < 4.78 is 4.58. The summed E-state index contributed by atoms with van der Waals surface area (Å²) in [6.07, 6.45) is 0.906. The van der Waals surface area contributed by atoms with Crippen molar-refractivity contribution in [1.82, 2.24) is 4.98 Å². The van der Waals surface area contributed by atoms with Gasteiger partial charge in [-0.25, -0.2) is 4.79 Å². The molecular weight excluding hydrogens is 202 g/mol. The van der Waals surface area contributed by atoms with Gasteiger partial charge in [-0.05, 0) is 25.0 Å². The van der Waals surface area contributed by atoms with E-state index in [-0.39, 0.29) is 5.97 Å². The lowest BCUT2D eigenvalue weighted by Gasteiger charge is -1.93. The normalized spacial score (nSPS) is 8.19. The van der Waals surface area contributed by atoms with Crippen LogP contribution in [0.25, 0.3) is 0 Å². The molecule has 1 heterocycles. The Morgan fingerprint density at radius 3 is 2.12 bits per heavy atom. The highest BCUT2D eigenvalue weighted by atomic mass is 16.5. The number of hydrogen-bond donors (Lipinski definition) is 1. The number of H-pyrrole nitrogens is 1. The average molecular weight is 227 g/mol. The molecule has 0 aliphatic heterocycles. The van der Waals surface area contributed by atoms with Crippen LogP contribution < -0.4 is 0 Å². The van der Waals surface area contributed by atoms with Crippen molar-refractivity contribution in [3.8, 4) is 0 Å². The van der Waals surface area contributed by atoms with Gasteiger partial charge in [-0.2, -0.15) is 0 Å². The molecule has 0 spiro atoms. The molecule has 0 saturated heterocycles. The summed E-state index contributed by atoms with van der Waals surface area (Å²) in [4.78, 5) is 14.0. The minimum atomic E-state index is -0.308. The summed E-state index contributed by atoms with van der Waals surface area (Å²) in [5.41, 5.74) is 2.74. The van der Waals surface area contributed by atoms with Crippen LogP contribution in [0, 0.1) is 6.92 Å². The Hall–Kier alpha value is -1.25. The predicted molar refractivity (Wildman–Crippen MR) is 68.9 cm³/mol. The van der Waals surface area contributed by atoms with Gasteiger partial charge in [0.2, 0.25) is 0 Å². The van der Waals surface area contributed by atoms with E-state index in [0.717, 1.165) is 17.7 Å². The first-order valence-electron chi connectivity index (χ1n) is 5.95. The Morgan fingerprint density at radius 2 is 1.81 bits per heavy atom. The number of methoxy groups -OCH3 is 1. The first-order chi connectivity index (χ1) is 7.69. The van der Waals surface area contributed by atoms with E-state index in [2.05, 4.69) is 9.72 Å². The number of aryl methyl sites for hydroxylation is 2. The maximum atomic E-state index is 11.0. The molecule has 1 aromatic heterocycles. The van der Waals surface area contributed by atoms with E-state index < -0.39 is 0 Å². The fraction of sp³-hybridized carbons (Fsp3) is 0.615. The monoisotopic (exact) mass is 227 g/mol. The lowest BCUT2D eigenvalue weighted by molar-refractivity contribution is 0.0594. The second-order valence-electron chi connectivity index (χ2n) is 2.69. The molecule has 0 unspecified atom stereocenters. The Bertz CT molecular complexity index is 290. The van der Waals surface area contributed by atoms with Gasteiger partial charge in [-0.1, -0.05) is 34.6 Å². The standard InChI is InChI=1S/C9H13NO2.2C2H6/c1-4-7-6(2)5-8(10-7)9(11)12-3;2*1-2/h5,10H,4H2,1-3H3;2*1-2H3. The highest BCUT2D eigenvalue weighted by Gasteiger charge is 2.09. The second kappa shape index (κ2) is 10.3. The van der Waals surface area contributed by atoms with E-state index in [1.807, 2.05) is 47.6 Å². The third-order valence-electron chi connectivity index (χ3n) is 1.88. The van der Waals surface area contributed by atoms with E-state index in [4.69, 9.17) is 0 Å². The summed E-state index contributed by atoms with van der Waals surface area (Å²) in [5.74, 6) is -0.308. The van der Waals surface area contributed by atoms with Crippen molar-refractivity contribution in [3.05, 3.63) is 23.0 Å². The third kappa shape index (κ3) is 5.01. The number of aromatic nitrogens is 1. The van der Waals surface area contributed by atoms with E-state index >= 15 is 0 Å². The molecule has 94 valence electrons. The van der Waals surface area contributed by atoms with Crippen LogP contribution in [0.1, 0.15) is 56.4 Å². The van der Waals surface area contributed by atoms with Crippen LogP contribution in [-0.2, 0) is 11.2 Å². The zero-order valence-corrected chi connectivity index (χ0v) is 11.6. The molecule has 0 aliphatic carbocycles.